The van der Waals surface area contributed by atoms with E-state index < -0.39 is 30.0 Å². The Hall–Kier alpha value is -4.11. The quantitative estimate of drug-likeness (QED) is 0.348. The Balaban J connectivity index is 1.49. The summed E-state index contributed by atoms with van der Waals surface area (Å²) < 4.78 is 0. The Bertz CT molecular complexity index is 1320. The van der Waals surface area contributed by atoms with Crippen molar-refractivity contribution in [2.45, 2.75) is 43.8 Å². The number of thioether (sulfide) groups is 1. The number of aliphatic carboxylic acids is 1. The van der Waals surface area contributed by atoms with Crippen LogP contribution in [0.15, 0.2) is 84.9 Å². The minimum atomic E-state index is -1.17. The van der Waals surface area contributed by atoms with Crippen molar-refractivity contribution < 1.29 is 29.4 Å². The third-order valence-electron chi connectivity index (χ3n) is 6.73. The normalized spacial score (nSPS) is 17.4. The van der Waals surface area contributed by atoms with Gasteiger partial charge in [-0.2, -0.15) is 0 Å². The van der Waals surface area contributed by atoms with Gasteiger partial charge in [0.1, 0.15) is 17.8 Å². The second-order valence-electron chi connectivity index (χ2n) is 9.31. The number of phenolic OH excluding ortho intramolecular Hbond substituents is 1. The first-order chi connectivity index (χ1) is 18.8. The molecule has 0 radical (unpaired) electrons. The van der Waals surface area contributed by atoms with Crippen LogP contribution < -0.4 is 5.32 Å². The number of hydrogen-bond donors (Lipinski definition) is 3. The van der Waals surface area contributed by atoms with E-state index in [2.05, 4.69) is 5.32 Å². The lowest BCUT2D eigenvalue weighted by Crippen LogP contribution is -2.52. The Labute approximate surface area is 231 Å². The Morgan fingerprint density at radius 3 is 2.21 bits per heavy atom. The molecule has 0 aromatic heterocycles. The molecule has 1 aliphatic heterocycles. The Morgan fingerprint density at radius 1 is 0.897 bits per heavy atom. The monoisotopic (exact) mass is 546 g/mol. The molecule has 3 atom stereocenters. The van der Waals surface area contributed by atoms with Crippen molar-refractivity contribution in [3.05, 3.63) is 102 Å². The van der Waals surface area contributed by atoms with Gasteiger partial charge in [-0.15, -0.1) is 0 Å². The largest absolute Gasteiger partial charge is 0.508 e. The number of aromatic hydroxyl groups is 1. The number of nitrogens with zero attached hydrogens (tertiary/aromatic N) is 1. The first kappa shape index (κ1) is 27.9. The van der Waals surface area contributed by atoms with Crippen molar-refractivity contribution in [3.63, 3.8) is 0 Å². The number of carboxylic acid groups (broad SMARTS) is 1. The fraction of sp³-hybridized carbons (Fsp3) is 0.267. The van der Waals surface area contributed by atoms with E-state index in [9.17, 15) is 29.4 Å². The van der Waals surface area contributed by atoms with Gasteiger partial charge >= 0.3 is 5.97 Å². The first-order valence-electron chi connectivity index (χ1n) is 12.7. The maximum Gasteiger partial charge on any atom is 0.326 e. The lowest BCUT2D eigenvalue weighted by molar-refractivity contribution is -0.144. The number of likely N-dealkylation sites (tertiary alicyclic amines) is 1. The third kappa shape index (κ3) is 7.06. The van der Waals surface area contributed by atoms with E-state index in [0.717, 1.165) is 17.3 Å². The van der Waals surface area contributed by atoms with E-state index in [1.807, 2.05) is 12.1 Å². The van der Waals surface area contributed by atoms with Crippen LogP contribution in [-0.4, -0.2) is 55.8 Å². The van der Waals surface area contributed by atoms with Gasteiger partial charge < -0.3 is 20.4 Å². The molecule has 1 unspecified atom stereocenters. The molecule has 8 nitrogen and oxygen atoms in total. The molecule has 0 aliphatic carbocycles. The number of nitrogens with one attached hydrogen (secondary N) is 1. The molecule has 1 saturated heterocycles. The van der Waals surface area contributed by atoms with E-state index in [1.165, 1.54) is 11.0 Å². The SMILES string of the molecule is O=C(SCCC(=O)N1C(c2ccccc2O)CC[C@H]1C(=O)N[C@@H](Cc1ccccc1)C(=O)O)c1ccccc1. The van der Waals surface area contributed by atoms with Gasteiger partial charge in [0.2, 0.25) is 16.9 Å². The predicted octanol–water partition coefficient (Wildman–Crippen LogP) is 4.20. The van der Waals surface area contributed by atoms with Gasteiger partial charge in [0.15, 0.2) is 0 Å². The molecule has 1 heterocycles. The van der Waals surface area contributed by atoms with Crippen LogP contribution in [0.25, 0.3) is 0 Å². The average molecular weight is 547 g/mol. The molecular weight excluding hydrogens is 516 g/mol. The fourth-order valence-electron chi connectivity index (χ4n) is 4.83. The van der Waals surface area contributed by atoms with Crippen molar-refractivity contribution in [1.82, 2.24) is 10.2 Å². The summed E-state index contributed by atoms with van der Waals surface area (Å²) >= 11 is 1.03. The molecule has 0 bridgehead atoms. The van der Waals surface area contributed by atoms with Crippen LogP contribution in [0, 0.1) is 0 Å². The third-order valence-corrected chi connectivity index (χ3v) is 7.63. The van der Waals surface area contributed by atoms with Crippen LogP contribution in [0.4, 0.5) is 0 Å². The fourth-order valence-corrected chi connectivity index (χ4v) is 5.59. The van der Waals surface area contributed by atoms with Gasteiger partial charge in [-0.3, -0.25) is 14.4 Å². The van der Waals surface area contributed by atoms with E-state index in [1.54, 1.807) is 66.7 Å². The predicted molar refractivity (Wildman–Crippen MR) is 148 cm³/mol. The first-order valence-corrected chi connectivity index (χ1v) is 13.7. The molecule has 1 fully saturated rings. The number of phenols is 1. The number of carbonyl (C=O) groups is 4. The lowest BCUT2D eigenvalue weighted by atomic mass is 10.0. The second-order valence-corrected chi connectivity index (χ2v) is 10.4. The van der Waals surface area contributed by atoms with Crippen molar-refractivity contribution in [2.75, 3.05) is 5.75 Å². The molecule has 39 heavy (non-hydrogen) atoms. The van der Waals surface area contributed by atoms with Gasteiger partial charge in [0, 0.05) is 29.7 Å². The lowest BCUT2D eigenvalue weighted by Gasteiger charge is -2.31. The van der Waals surface area contributed by atoms with Gasteiger partial charge in [0.05, 0.1) is 6.04 Å². The number of amides is 2. The zero-order valence-corrected chi connectivity index (χ0v) is 22.0. The summed E-state index contributed by atoms with van der Waals surface area (Å²) in [5.74, 6) is -1.84. The molecule has 0 spiro atoms. The van der Waals surface area contributed by atoms with Crippen LogP contribution in [0.3, 0.4) is 0 Å². The summed E-state index contributed by atoms with van der Waals surface area (Å²) in [6.45, 7) is 0. The van der Waals surface area contributed by atoms with Crippen molar-refractivity contribution in [2.24, 2.45) is 0 Å². The number of rotatable bonds is 10. The van der Waals surface area contributed by atoms with E-state index >= 15 is 0 Å². The summed E-state index contributed by atoms with van der Waals surface area (Å²) in [6, 6.07) is 21.8. The standard InChI is InChI=1S/C30H30N2O6S/c33-26-14-8-7-13-22(26)24-15-16-25(28(35)31-23(29(36)37)19-20-9-3-1-4-10-20)32(24)27(34)17-18-39-30(38)21-11-5-2-6-12-21/h1-14,23-25,33H,15-19H2,(H,31,35)(H,36,37)/t23-,24?,25-/m0/s1. The van der Waals surface area contributed by atoms with Crippen LogP contribution in [-0.2, 0) is 20.8 Å². The highest BCUT2D eigenvalue weighted by Crippen LogP contribution is 2.40. The van der Waals surface area contributed by atoms with Crippen LogP contribution in [0.1, 0.15) is 46.8 Å². The summed E-state index contributed by atoms with van der Waals surface area (Å²) in [5, 5.41) is 22.7. The molecule has 1 aliphatic rings. The van der Waals surface area contributed by atoms with Crippen molar-refractivity contribution in [1.29, 1.82) is 0 Å². The number of para-hydroxylation sites is 1. The number of benzene rings is 3. The summed E-state index contributed by atoms with van der Waals surface area (Å²) in [7, 11) is 0. The smallest absolute Gasteiger partial charge is 0.326 e. The van der Waals surface area contributed by atoms with Crippen molar-refractivity contribution >= 4 is 34.7 Å². The molecular formula is C30H30N2O6S. The molecule has 0 saturated carbocycles. The molecule has 3 aromatic rings. The second kappa shape index (κ2) is 13.1. The molecule has 3 N–H and O–H groups in total. The maximum absolute atomic E-state index is 13.5. The van der Waals surface area contributed by atoms with Crippen LogP contribution in [0.5, 0.6) is 5.75 Å². The Morgan fingerprint density at radius 2 is 1.54 bits per heavy atom. The summed E-state index contributed by atoms with van der Waals surface area (Å²) in [5.41, 5.74) is 1.82. The molecule has 202 valence electrons. The van der Waals surface area contributed by atoms with E-state index in [0.29, 0.717) is 24.0 Å². The zero-order valence-electron chi connectivity index (χ0n) is 21.2. The topological polar surface area (TPSA) is 124 Å². The van der Waals surface area contributed by atoms with Crippen LogP contribution >= 0.6 is 11.8 Å². The highest BCUT2D eigenvalue weighted by molar-refractivity contribution is 8.14. The summed E-state index contributed by atoms with van der Waals surface area (Å²) in [4.78, 5) is 52.8. The number of carbonyl (C=O) groups excluding carboxylic acids is 3. The van der Waals surface area contributed by atoms with Gasteiger partial charge in [-0.25, -0.2) is 4.79 Å². The molecule has 9 heteroatoms. The highest BCUT2D eigenvalue weighted by atomic mass is 32.2. The molecule has 4 rings (SSSR count). The maximum atomic E-state index is 13.5. The van der Waals surface area contributed by atoms with Gasteiger partial charge in [-0.05, 0) is 24.5 Å². The minimum absolute atomic E-state index is 0.00346. The van der Waals surface area contributed by atoms with Gasteiger partial charge in [-0.1, -0.05) is 90.6 Å². The van der Waals surface area contributed by atoms with Crippen molar-refractivity contribution in [3.8, 4) is 5.75 Å². The average Bonchev–Trinajstić information content (AvgIpc) is 3.39. The number of carboxylic acids is 1. The van der Waals surface area contributed by atoms with Gasteiger partial charge in [0.25, 0.3) is 0 Å². The number of hydrogen-bond acceptors (Lipinski definition) is 6. The molecule has 3 aromatic carbocycles. The Kier molecular flexibility index (Phi) is 9.38. The van der Waals surface area contributed by atoms with Crippen LogP contribution in [0.2, 0.25) is 0 Å². The molecule has 2 amide bonds. The van der Waals surface area contributed by atoms with E-state index in [4.69, 9.17) is 0 Å². The zero-order chi connectivity index (χ0) is 27.8. The minimum Gasteiger partial charge on any atom is -0.508 e. The summed E-state index contributed by atoms with van der Waals surface area (Å²) in [6.07, 6.45) is 0.839. The highest BCUT2D eigenvalue weighted by Gasteiger charge is 2.43. The van der Waals surface area contributed by atoms with E-state index in [-0.39, 0.29) is 35.4 Å².